The van der Waals surface area contributed by atoms with Crippen LogP contribution in [0.3, 0.4) is 0 Å². The molecular weight excluding hydrogens is 212 g/mol. The van der Waals surface area contributed by atoms with Crippen LogP contribution in [-0.4, -0.2) is 13.7 Å². The van der Waals surface area contributed by atoms with Crippen molar-refractivity contribution in [1.82, 2.24) is 0 Å². The summed E-state index contributed by atoms with van der Waals surface area (Å²) in [5, 5.41) is 0. The number of ether oxygens (including phenoxy) is 1. The molecule has 16 heavy (non-hydrogen) atoms. The van der Waals surface area contributed by atoms with Crippen molar-refractivity contribution < 1.29 is 13.5 Å². The third kappa shape index (κ3) is 3.17. The van der Waals surface area contributed by atoms with Crippen molar-refractivity contribution in [3.05, 3.63) is 29.3 Å². The van der Waals surface area contributed by atoms with Crippen molar-refractivity contribution in [3.63, 3.8) is 0 Å². The molecule has 1 unspecified atom stereocenters. The van der Waals surface area contributed by atoms with Crippen molar-refractivity contribution in [2.24, 2.45) is 11.7 Å². The van der Waals surface area contributed by atoms with Gasteiger partial charge in [0.2, 0.25) is 0 Å². The average Bonchev–Trinajstić information content (AvgIpc) is 2.29. The molecule has 1 rings (SSSR count). The molecule has 0 aliphatic heterocycles. The molecule has 1 aromatic rings. The number of benzene rings is 1. The fourth-order valence-electron chi connectivity index (χ4n) is 1.44. The maximum absolute atomic E-state index is 13.5. The summed E-state index contributed by atoms with van der Waals surface area (Å²) in [6.45, 7) is 2.54. The van der Waals surface area contributed by atoms with Crippen molar-refractivity contribution in [1.29, 1.82) is 0 Å². The van der Waals surface area contributed by atoms with Crippen LogP contribution in [0.2, 0.25) is 0 Å². The Labute approximate surface area is 94.4 Å². The van der Waals surface area contributed by atoms with E-state index in [9.17, 15) is 8.78 Å². The van der Waals surface area contributed by atoms with Gasteiger partial charge < -0.3 is 10.5 Å². The molecule has 2 nitrogen and oxygen atoms in total. The highest BCUT2D eigenvalue weighted by Crippen LogP contribution is 2.22. The van der Waals surface area contributed by atoms with Gasteiger partial charge in [-0.25, -0.2) is 8.78 Å². The molecule has 0 amide bonds. The second kappa shape index (κ2) is 5.80. The summed E-state index contributed by atoms with van der Waals surface area (Å²) in [4.78, 5) is 0. The first-order chi connectivity index (χ1) is 7.58. The van der Waals surface area contributed by atoms with Gasteiger partial charge >= 0.3 is 0 Å². The lowest BCUT2D eigenvalue weighted by Crippen LogP contribution is -2.11. The lowest BCUT2D eigenvalue weighted by atomic mass is 10.0. The number of methoxy groups -OCH3 is 1. The van der Waals surface area contributed by atoms with Crippen molar-refractivity contribution >= 4 is 0 Å². The third-order valence-corrected chi connectivity index (χ3v) is 2.63. The number of hydrogen-bond acceptors (Lipinski definition) is 2. The normalized spacial score (nSPS) is 12.6. The zero-order chi connectivity index (χ0) is 12.1. The number of aryl methyl sites for hydroxylation is 1. The second-order valence-electron chi connectivity index (χ2n) is 3.96. The first-order valence-corrected chi connectivity index (χ1v) is 5.30. The summed E-state index contributed by atoms with van der Waals surface area (Å²) in [5.41, 5.74) is 5.84. The van der Waals surface area contributed by atoms with E-state index in [1.165, 1.54) is 13.2 Å². The Kier molecular flexibility index (Phi) is 4.68. The van der Waals surface area contributed by atoms with Crippen LogP contribution in [0.15, 0.2) is 12.1 Å². The van der Waals surface area contributed by atoms with E-state index in [1.807, 2.05) is 6.92 Å². The van der Waals surface area contributed by atoms with Gasteiger partial charge in [0.25, 0.3) is 0 Å². The maximum atomic E-state index is 13.5. The van der Waals surface area contributed by atoms with E-state index >= 15 is 0 Å². The maximum Gasteiger partial charge on any atom is 0.165 e. The molecule has 0 heterocycles. The van der Waals surface area contributed by atoms with E-state index in [1.54, 1.807) is 0 Å². The molecule has 90 valence electrons. The van der Waals surface area contributed by atoms with E-state index in [2.05, 4.69) is 0 Å². The summed E-state index contributed by atoms with van der Waals surface area (Å²) in [5.74, 6) is -0.709. The quantitative estimate of drug-likeness (QED) is 0.842. The molecule has 0 bridgehead atoms. The first kappa shape index (κ1) is 12.9. The van der Waals surface area contributed by atoms with Crippen LogP contribution in [0.25, 0.3) is 0 Å². The standard InChI is InChI=1S/C12H17F2NO/c1-8(7-15)3-4-9-5-11(14)12(16-2)6-10(9)13/h5-6,8H,3-4,7,15H2,1-2H3. The van der Waals surface area contributed by atoms with Crippen LogP contribution < -0.4 is 10.5 Å². The van der Waals surface area contributed by atoms with Crippen LogP contribution in [0.1, 0.15) is 18.9 Å². The molecule has 2 N–H and O–H groups in total. The summed E-state index contributed by atoms with van der Waals surface area (Å²) in [6, 6.07) is 2.27. The summed E-state index contributed by atoms with van der Waals surface area (Å²) >= 11 is 0. The van der Waals surface area contributed by atoms with Crippen LogP contribution >= 0.6 is 0 Å². The molecule has 0 aliphatic rings. The molecule has 1 aromatic carbocycles. The van der Waals surface area contributed by atoms with E-state index in [0.29, 0.717) is 24.4 Å². The average molecular weight is 229 g/mol. The molecule has 0 radical (unpaired) electrons. The predicted octanol–water partition coefficient (Wildman–Crippen LogP) is 2.50. The molecule has 0 fully saturated rings. The zero-order valence-electron chi connectivity index (χ0n) is 9.59. The van der Waals surface area contributed by atoms with E-state index in [4.69, 9.17) is 10.5 Å². The third-order valence-electron chi connectivity index (χ3n) is 2.63. The number of rotatable bonds is 5. The Morgan fingerprint density at radius 3 is 2.56 bits per heavy atom. The molecule has 0 aliphatic carbocycles. The fraction of sp³-hybridized carbons (Fsp3) is 0.500. The van der Waals surface area contributed by atoms with Crippen LogP contribution in [0, 0.1) is 17.6 Å². The minimum atomic E-state index is -0.528. The molecule has 1 atom stereocenters. The smallest absolute Gasteiger partial charge is 0.165 e. The lowest BCUT2D eigenvalue weighted by molar-refractivity contribution is 0.381. The Hall–Kier alpha value is -1.16. The fourth-order valence-corrected chi connectivity index (χ4v) is 1.44. The van der Waals surface area contributed by atoms with Gasteiger partial charge in [0.15, 0.2) is 11.6 Å². The van der Waals surface area contributed by atoms with Gasteiger partial charge in [0, 0.05) is 6.07 Å². The van der Waals surface area contributed by atoms with Crippen LogP contribution in [0.5, 0.6) is 5.75 Å². The Balaban J connectivity index is 2.77. The van der Waals surface area contributed by atoms with Gasteiger partial charge in [-0.2, -0.15) is 0 Å². The Bertz CT molecular complexity index is 355. The number of nitrogens with two attached hydrogens (primary N) is 1. The SMILES string of the molecule is COc1cc(F)c(CCC(C)CN)cc1F. The molecule has 0 saturated heterocycles. The largest absolute Gasteiger partial charge is 0.494 e. The number of hydrogen-bond donors (Lipinski definition) is 1. The highest BCUT2D eigenvalue weighted by molar-refractivity contribution is 5.30. The second-order valence-corrected chi connectivity index (χ2v) is 3.96. The monoisotopic (exact) mass is 229 g/mol. The summed E-state index contributed by atoms with van der Waals surface area (Å²) in [7, 11) is 1.31. The zero-order valence-corrected chi connectivity index (χ0v) is 9.59. The van der Waals surface area contributed by atoms with Gasteiger partial charge in [0.1, 0.15) is 5.82 Å². The summed E-state index contributed by atoms with van der Waals surface area (Å²) in [6.07, 6.45) is 1.24. The summed E-state index contributed by atoms with van der Waals surface area (Å²) < 4.78 is 31.5. The van der Waals surface area contributed by atoms with Gasteiger partial charge in [-0.05, 0) is 36.9 Å². The van der Waals surface area contributed by atoms with Crippen LogP contribution in [-0.2, 0) is 6.42 Å². The highest BCUT2D eigenvalue weighted by Gasteiger charge is 2.11. The van der Waals surface area contributed by atoms with Gasteiger partial charge in [-0.1, -0.05) is 6.92 Å². The van der Waals surface area contributed by atoms with Crippen molar-refractivity contribution in [2.75, 3.05) is 13.7 Å². The van der Waals surface area contributed by atoms with E-state index < -0.39 is 11.6 Å². The molecular formula is C12H17F2NO. The van der Waals surface area contributed by atoms with Crippen LogP contribution in [0.4, 0.5) is 8.78 Å². The van der Waals surface area contributed by atoms with E-state index in [-0.39, 0.29) is 5.75 Å². The first-order valence-electron chi connectivity index (χ1n) is 5.30. The van der Waals surface area contributed by atoms with Crippen molar-refractivity contribution in [2.45, 2.75) is 19.8 Å². The predicted molar refractivity (Wildman–Crippen MR) is 59.4 cm³/mol. The minimum Gasteiger partial charge on any atom is -0.494 e. The topological polar surface area (TPSA) is 35.2 Å². The molecule has 0 saturated carbocycles. The molecule has 4 heteroatoms. The molecule has 0 aromatic heterocycles. The lowest BCUT2D eigenvalue weighted by Gasteiger charge is -2.10. The van der Waals surface area contributed by atoms with E-state index in [0.717, 1.165) is 12.5 Å². The minimum absolute atomic E-state index is 0.0619. The van der Waals surface area contributed by atoms with Crippen molar-refractivity contribution in [3.8, 4) is 5.75 Å². The highest BCUT2D eigenvalue weighted by atomic mass is 19.1. The molecule has 0 spiro atoms. The van der Waals surface area contributed by atoms with Gasteiger partial charge in [-0.3, -0.25) is 0 Å². The Morgan fingerprint density at radius 1 is 1.31 bits per heavy atom. The van der Waals surface area contributed by atoms with Gasteiger partial charge in [-0.15, -0.1) is 0 Å². The number of halogens is 2. The Morgan fingerprint density at radius 2 is 2.00 bits per heavy atom. The van der Waals surface area contributed by atoms with Gasteiger partial charge in [0.05, 0.1) is 7.11 Å².